The van der Waals surface area contributed by atoms with Crippen LogP contribution in [0.15, 0.2) is 41.4 Å². The number of benzene rings is 2. The molecule has 31 heavy (non-hydrogen) atoms. The molecule has 1 saturated heterocycles. The molecule has 2 aromatic rings. The maximum absolute atomic E-state index is 14.5. The van der Waals surface area contributed by atoms with E-state index in [1.807, 2.05) is 32.0 Å². The van der Waals surface area contributed by atoms with Crippen LogP contribution in [0.5, 0.6) is 0 Å². The molecular formula is C21H21F2N3O3S2. The number of halogens is 2. The Bertz CT molecular complexity index is 1160. The molecule has 2 aromatic carbocycles. The first kappa shape index (κ1) is 21.8. The third-order valence-electron chi connectivity index (χ3n) is 5.35. The Morgan fingerprint density at radius 3 is 2.58 bits per heavy atom. The van der Waals surface area contributed by atoms with Crippen LogP contribution in [-0.4, -0.2) is 48.8 Å². The normalized spacial score (nSPS) is 21.7. The minimum absolute atomic E-state index is 0.0120. The van der Waals surface area contributed by atoms with Crippen LogP contribution in [-0.2, 0) is 14.6 Å². The number of sulfone groups is 1. The first-order valence-corrected chi connectivity index (χ1v) is 12.5. The van der Waals surface area contributed by atoms with Crippen molar-refractivity contribution in [1.29, 1.82) is 0 Å². The SMILES string of the molecule is Cc1cccc(C)c1NC(=O)CSC1=N[C@@H]2CS(=O)(=O)C[C@H]2N1c1ccc(F)cc1F. The van der Waals surface area contributed by atoms with Crippen LogP contribution in [0, 0.1) is 25.5 Å². The summed E-state index contributed by atoms with van der Waals surface area (Å²) in [7, 11) is -3.31. The van der Waals surface area contributed by atoms with E-state index in [0.717, 1.165) is 40.7 Å². The van der Waals surface area contributed by atoms with Crippen LogP contribution < -0.4 is 10.2 Å². The fourth-order valence-electron chi connectivity index (χ4n) is 3.91. The summed E-state index contributed by atoms with van der Waals surface area (Å²) < 4.78 is 52.1. The van der Waals surface area contributed by atoms with Crippen molar-refractivity contribution in [2.24, 2.45) is 4.99 Å². The average Bonchev–Trinajstić information content (AvgIpc) is 3.15. The molecule has 2 atom stereocenters. The van der Waals surface area contributed by atoms with Crippen molar-refractivity contribution in [3.63, 3.8) is 0 Å². The number of nitrogens with one attached hydrogen (secondary N) is 1. The van der Waals surface area contributed by atoms with E-state index in [-0.39, 0.29) is 28.9 Å². The van der Waals surface area contributed by atoms with Crippen LogP contribution in [0.1, 0.15) is 11.1 Å². The van der Waals surface area contributed by atoms with Gasteiger partial charge in [-0.15, -0.1) is 0 Å². The number of aryl methyl sites for hydroxylation is 2. The van der Waals surface area contributed by atoms with E-state index in [1.54, 1.807) is 0 Å². The summed E-state index contributed by atoms with van der Waals surface area (Å²) in [4.78, 5) is 18.5. The third-order valence-corrected chi connectivity index (χ3v) is 8.02. The van der Waals surface area contributed by atoms with Gasteiger partial charge in [-0.2, -0.15) is 0 Å². The lowest BCUT2D eigenvalue weighted by Gasteiger charge is -2.26. The second kappa shape index (κ2) is 8.23. The summed E-state index contributed by atoms with van der Waals surface area (Å²) >= 11 is 1.10. The molecule has 4 rings (SSSR count). The molecule has 0 radical (unpaired) electrons. The number of para-hydroxylation sites is 1. The molecule has 0 aromatic heterocycles. The molecule has 0 unspecified atom stereocenters. The van der Waals surface area contributed by atoms with Gasteiger partial charge in [0.05, 0.1) is 35.0 Å². The predicted molar refractivity (Wildman–Crippen MR) is 120 cm³/mol. The van der Waals surface area contributed by atoms with E-state index in [2.05, 4.69) is 10.3 Å². The molecule has 164 valence electrons. The number of thioether (sulfide) groups is 1. The Kier molecular flexibility index (Phi) is 5.78. The number of hydrogen-bond acceptors (Lipinski definition) is 6. The smallest absolute Gasteiger partial charge is 0.234 e. The van der Waals surface area contributed by atoms with E-state index < -0.39 is 33.6 Å². The second-order valence-corrected chi connectivity index (χ2v) is 10.8. The molecule has 0 bridgehead atoms. The number of amidine groups is 1. The maximum atomic E-state index is 14.5. The zero-order valence-electron chi connectivity index (χ0n) is 16.9. The lowest BCUT2D eigenvalue weighted by atomic mass is 10.1. The van der Waals surface area contributed by atoms with Crippen molar-refractivity contribution >= 4 is 44.0 Å². The molecule has 2 heterocycles. The van der Waals surface area contributed by atoms with Gasteiger partial charge < -0.3 is 10.2 Å². The Labute approximate surface area is 183 Å². The number of nitrogens with zero attached hydrogens (tertiary/aromatic N) is 2. The van der Waals surface area contributed by atoms with E-state index in [4.69, 9.17) is 0 Å². The first-order valence-electron chi connectivity index (χ1n) is 9.66. The summed E-state index contributed by atoms with van der Waals surface area (Å²) in [5.41, 5.74) is 2.66. The standard InChI is InChI=1S/C21H21F2N3O3S2/c1-12-4-3-5-13(2)20(12)25-19(27)9-30-21-24-16-10-31(28,29)11-18(16)26(21)17-7-6-14(22)8-15(17)23/h3-8,16,18H,9-11H2,1-2H3,(H,25,27)/t16-,18-/m1/s1. The predicted octanol–water partition coefficient (Wildman–Crippen LogP) is 3.30. The van der Waals surface area contributed by atoms with Gasteiger partial charge in [-0.05, 0) is 37.1 Å². The Morgan fingerprint density at radius 2 is 1.90 bits per heavy atom. The molecule has 2 aliphatic heterocycles. The van der Waals surface area contributed by atoms with Gasteiger partial charge in [0, 0.05) is 11.8 Å². The summed E-state index contributed by atoms with van der Waals surface area (Å²) in [5, 5.41) is 3.24. The molecule has 0 spiro atoms. The summed E-state index contributed by atoms with van der Waals surface area (Å²) in [5.74, 6) is -2.08. The number of aliphatic imine (C=N–C) groups is 1. The summed E-state index contributed by atoms with van der Waals surface area (Å²) in [6.07, 6.45) is 0. The topological polar surface area (TPSA) is 78.8 Å². The van der Waals surface area contributed by atoms with Gasteiger partial charge in [0.25, 0.3) is 0 Å². The minimum Gasteiger partial charge on any atom is -0.325 e. The molecule has 1 amide bonds. The van der Waals surface area contributed by atoms with Crippen LogP contribution in [0.25, 0.3) is 0 Å². The number of fused-ring (bicyclic) bond motifs is 1. The molecule has 2 aliphatic rings. The van der Waals surface area contributed by atoms with Crippen molar-refractivity contribution in [3.8, 4) is 0 Å². The van der Waals surface area contributed by atoms with Gasteiger partial charge in [-0.25, -0.2) is 17.2 Å². The lowest BCUT2D eigenvalue weighted by Crippen LogP contribution is -2.40. The maximum Gasteiger partial charge on any atom is 0.234 e. The molecule has 1 fully saturated rings. The Morgan fingerprint density at radius 1 is 1.19 bits per heavy atom. The zero-order chi connectivity index (χ0) is 22.3. The Hall–Kier alpha value is -2.46. The van der Waals surface area contributed by atoms with E-state index in [0.29, 0.717) is 5.17 Å². The van der Waals surface area contributed by atoms with Crippen molar-refractivity contribution in [2.75, 3.05) is 27.5 Å². The number of anilines is 2. The van der Waals surface area contributed by atoms with E-state index in [1.165, 1.54) is 11.0 Å². The molecule has 0 saturated carbocycles. The molecule has 10 heteroatoms. The Balaban J connectivity index is 1.55. The van der Waals surface area contributed by atoms with Crippen molar-refractivity contribution in [2.45, 2.75) is 25.9 Å². The molecular weight excluding hydrogens is 444 g/mol. The highest BCUT2D eigenvalue weighted by atomic mass is 32.2. The monoisotopic (exact) mass is 465 g/mol. The second-order valence-electron chi connectivity index (χ2n) is 7.69. The lowest BCUT2D eigenvalue weighted by molar-refractivity contribution is -0.113. The van der Waals surface area contributed by atoms with E-state index >= 15 is 0 Å². The van der Waals surface area contributed by atoms with Crippen LogP contribution in [0.4, 0.5) is 20.2 Å². The summed E-state index contributed by atoms with van der Waals surface area (Å²) in [6.45, 7) is 3.80. The van der Waals surface area contributed by atoms with E-state index in [9.17, 15) is 22.0 Å². The number of amides is 1. The number of rotatable bonds is 4. The highest BCUT2D eigenvalue weighted by Gasteiger charge is 2.47. The van der Waals surface area contributed by atoms with Gasteiger partial charge in [0.2, 0.25) is 5.91 Å². The van der Waals surface area contributed by atoms with Gasteiger partial charge in [0.15, 0.2) is 15.0 Å². The van der Waals surface area contributed by atoms with Crippen LogP contribution >= 0.6 is 11.8 Å². The first-order chi connectivity index (χ1) is 14.6. The molecule has 1 N–H and O–H groups in total. The van der Waals surface area contributed by atoms with Gasteiger partial charge in [-0.3, -0.25) is 9.79 Å². The average molecular weight is 466 g/mol. The highest BCUT2D eigenvalue weighted by molar-refractivity contribution is 8.14. The molecule has 0 aliphatic carbocycles. The zero-order valence-corrected chi connectivity index (χ0v) is 18.6. The van der Waals surface area contributed by atoms with Crippen LogP contribution in [0.2, 0.25) is 0 Å². The number of carbonyl (C=O) groups excluding carboxylic acids is 1. The fraction of sp³-hybridized carbons (Fsp3) is 0.333. The fourth-order valence-corrected chi connectivity index (χ4v) is 6.67. The van der Waals surface area contributed by atoms with Gasteiger partial charge in [-0.1, -0.05) is 30.0 Å². The van der Waals surface area contributed by atoms with Gasteiger partial charge >= 0.3 is 0 Å². The van der Waals surface area contributed by atoms with Crippen LogP contribution in [0.3, 0.4) is 0 Å². The quantitative estimate of drug-likeness (QED) is 0.750. The number of carbonyl (C=O) groups is 1. The minimum atomic E-state index is -3.31. The molecule has 6 nitrogen and oxygen atoms in total. The van der Waals surface area contributed by atoms with Gasteiger partial charge in [0.1, 0.15) is 11.6 Å². The number of hydrogen-bond donors (Lipinski definition) is 1. The summed E-state index contributed by atoms with van der Waals surface area (Å²) in [6, 6.07) is 7.73. The van der Waals surface area contributed by atoms with Crippen molar-refractivity contribution < 1.29 is 22.0 Å². The van der Waals surface area contributed by atoms with Crippen molar-refractivity contribution in [3.05, 3.63) is 59.2 Å². The van der Waals surface area contributed by atoms with Crippen molar-refractivity contribution in [1.82, 2.24) is 0 Å². The third kappa shape index (κ3) is 4.45. The largest absolute Gasteiger partial charge is 0.325 e. The highest BCUT2D eigenvalue weighted by Crippen LogP contribution is 2.36.